The van der Waals surface area contributed by atoms with Crippen molar-refractivity contribution in [1.82, 2.24) is 15.2 Å². The lowest BCUT2D eigenvalue weighted by atomic mass is 10.0. The molecule has 0 saturated carbocycles. The minimum atomic E-state index is -0.832. The second-order valence-corrected chi connectivity index (χ2v) is 4.97. The van der Waals surface area contributed by atoms with Crippen molar-refractivity contribution in [3.63, 3.8) is 0 Å². The van der Waals surface area contributed by atoms with Crippen LogP contribution in [-0.2, 0) is 11.2 Å². The molecule has 2 heterocycles. The summed E-state index contributed by atoms with van der Waals surface area (Å²) in [5.74, 6) is -1.29. The molecular formula is C14H19N3O3. The molecule has 1 aliphatic heterocycles. The van der Waals surface area contributed by atoms with Crippen molar-refractivity contribution in [3.8, 4) is 0 Å². The van der Waals surface area contributed by atoms with Gasteiger partial charge in [-0.25, -0.2) is 4.79 Å². The SMILES string of the molecule is CC1C(C(=O)O)CCN1C(=O)NCCc1ccccn1. The van der Waals surface area contributed by atoms with E-state index in [4.69, 9.17) is 5.11 Å². The molecule has 2 atom stereocenters. The van der Waals surface area contributed by atoms with Crippen LogP contribution < -0.4 is 5.32 Å². The minimum Gasteiger partial charge on any atom is -0.481 e. The van der Waals surface area contributed by atoms with Gasteiger partial charge in [0.2, 0.25) is 0 Å². The van der Waals surface area contributed by atoms with Gasteiger partial charge < -0.3 is 15.3 Å². The highest BCUT2D eigenvalue weighted by Crippen LogP contribution is 2.24. The molecule has 6 heteroatoms. The van der Waals surface area contributed by atoms with Crippen LogP contribution in [0.1, 0.15) is 19.0 Å². The van der Waals surface area contributed by atoms with E-state index in [1.165, 1.54) is 0 Å². The van der Waals surface area contributed by atoms with Crippen molar-refractivity contribution < 1.29 is 14.7 Å². The largest absolute Gasteiger partial charge is 0.481 e. The number of pyridine rings is 1. The number of amides is 2. The molecule has 0 spiro atoms. The molecule has 0 aromatic carbocycles. The van der Waals surface area contributed by atoms with Crippen LogP contribution >= 0.6 is 0 Å². The van der Waals surface area contributed by atoms with Crippen molar-refractivity contribution in [2.75, 3.05) is 13.1 Å². The van der Waals surface area contributed by atoms with E-state index in [9.17, 15) is 9.59 Å². The average Bonchev–Trinajstić information content (AvgIpc) is 2.82. The number of urea groups is 1. The average molecular weight is 277 g/mol. The molecule has 2 amide bonds. The third-order valence-corrected chi connectivity index (χ3v) is 3.72. The molecule has 2 unspecified atom stereocenters. The normalized spacial score (nSPS) is 21.8. The van der Waals surface area contributed by atoms with Gasteiger partial charge in [0.15, 0.2) is 0 Å². The number of likely N-dealkylation sites (tertiary alicyclic amines) is 1. The number of rotatable bonds is 4. The van der Waals surface area contributed by atoms with Crippen molar-refractivity contribution in [1.29, 1.82) is 0 Å². The molecule has 0 aliphatic carbocycles. The molecular weight excluding hydrogens is 258 g/mol. The first-order chi connectivity index (χ1) is 9.59. The molecule has 0 radical (unpaired) electrons. The van der Waals surface area contributed by atoms with Crippen LogP contribution in [0.3, 0.4) is 0 Å². The quantitative estimate of drug-likeness (QED) is 0.864. The van der Waals surface area contributed by atoms with Crippen molar-refractivity contribution in [2.24, 2.45) is 5.92 Å². The van der Waals surface area contributed by atoms with E-state index in [0.29, 0.717) is 25.9 Å². The maximum Gasteiger partial charge on any atom is 0.317 e. The molecule has 1 aromatic rings. The Bertz CT molecular complexity index is 478. The first-order valence-electron chi connectivity index (χ1n) is 6.77. The summed E-state index contributed by atoms with van der Waals surface area (Å²) in [6.07, 6.45) is 2.90. The Hall–Kier alpha value is -2.11. The van der Waals surface area contributed by atoms with E-state index < -0.39 is 11.9 Å². The topological polar surface area (TPSA) is 82.5 Å². The zero-order valence-electron chi connectivity index (χ0n) is 11.5. The summed E-state index contributed by atoms with van der Waals surface area (Å²) < 4.78 is 0. The van der Waals surface area contributed by atoms with Crippen LogP contribution in [0.4, 0.5) is 4.79 Å². The van der Waals surface area contributed by atoms with E-state index in [-0.39, 0.29) is 12.1 Å². The number of aromatic nitrogens is 1. The van der Waals surface area contributed by atoms with E-state index in [1.54, 1.807) is 18.0 Å². The fourth-order valence-corrected chi connectivity index (χ4v) is 2.50. The number of nitrogens with zero attached hydrogens (tertiary/aromatic N) is 2. The Labute approximate surface area is 117 Å². The molecule has 2 N–H and O–H groups in total. The number of carboxylic acid groups (broad SMARTS) is 1. The summed E-state index contributed by atoms with van der Waals surface area (Å²) in [5, 5.41) is 11.9. The molecule has 1 aliphatic rings. The molecule has 2 rings (SSSR count). The first kappa shape index (κ1) is 14.3. The van der Waals surface area contributed by atoms with Gasteiger partial charge in [0.25, 0.3) is 0 Å². The van der Waals surface area contributed by atoms with Gasteiger partial charge >= 0.3 is 12.0 Å². The lowest BCUT2D eigenvalue weighted by Crippen LogP contribution is -2.44. The van der Waals surface area contributed by atoms with Crippen LogP contribution in [0.15, 0.2) is 24.4 Å². The van der Waals surface area contributed by atoms with E-state index in [1.807, 2.05) is 18.2 Å². The standard InChI is InChI=1S/C14H19N3O3/c1-10-12(13(18)19)6-9-17(10)14(20)16-8-5-11-4-2-3-7-15-11/h2-4,7,10,12H,5-6,8-9H2,1H3,(H,16,20)(H,18,19). The van der Waals surface area contributed by atoms with Gasteiger partial charge in [-0.05, 0) is 25.5 Å². The van der Waals surface area contributed by atoms with Crippen molar-refractivity contribution >= 4 is 12.0 Å². The second kappa shape index (κ2) is 6.36. The fourth-order valence-electron chi connectivity index (χ4n) is 2.50. The Balaban J connectivity index is 1.80. The predicted molar refractivity (Wildman–Crippen MR) is 73.3 cm³/mol. The Kier molecular flexibility index (Phi) is 4.55. The van der Waals surface area contributed by atoms with E-state index >= 15 is 0 Å². The van der Waals surface area contributed by atoms with Crippen LogP contribution in [0.5, 0.6) is 0 Å². The van der Waals surface area contributed by atoms with E-state index in [2.05, 4.69) is 10.3 Å². The van der Waals surface area contributed by atoms with Crippen molar-refractivity contribution in [2.45, 2.75) is 25.8 Å². The second-order valence-electron chi connectivity index (χ2n) is 4.97. The zero-order chi connectivity index (χ0) is 14.5. The van der Waals surface area contributed by atoms with Crippen LogP contribution in [0.25, 0.3) is 0 Å². The fraction of sp³-hybridized carbons (Fsp3) is 0.500. The number of carbonyl (C=O) groups excluding carboxylic acids is 1. The van der Waals surface area contributed by atoms with Gasteiger partial charge in [-0.15, -0.1) is 0 Å². The molecule has 20 heavy (non-hydrogen) atoms. The van der Waals surface area contributed by atoms with E-state index in [0.717, 1.165) is 5.69 Å². The molecule has 0 bridgehead atoms. The van der Waals surface area contributed by atoms with Gasteiger partial charge in [-0.2, -0.15) is 0 Å². The minimum absolute atomic E-state index is 0.197. The summed E-state index contributed by atoms with van der Waals surface area (Å²) in [4.78, 5) is 28.8. The lowest BCUT2D eigenvalue weighted by molar-refractivity contribution is -0.142. The van der Waals surface area contributed by atoms with Crippen LogP contribution in [0, 0.1) is 5.92 Å². The van der Waals surface area contributed by atoms with Crippen molar-refractivity contribution in [3.05, 3.63) is 30.1 Å². The highest BCUT2D eigenvalue weighted by atomic mass is 16.4. The highest BCUT2D eigenvalue weighted by molar-refractivity contribution is 5.78. The smallest absolute Gasteiger partial charge is 0.317 e. The Morgan fingerprint density at radius 1 is 1.50 bits per heavy atom. The van der Waals surface area contributed by atoms with Gasteiger partial charge in [0.1, 0.15) is 0 Å². The molecule has 108 valence electrons. The number of hydrogen-bond donors (Lipinski definition) is 2. The number of carboxylic acids is 1. The summed E-state index contributed by atoms with van der Waals surface area (Å²) in [7, 11) is 0. The number of aliphatic carboxylic acids is 1. The predicted octanol–water partition coefficient (Wildman–Crippen LogP) is 1.13. The van der Waals surface area contributed by atoms with Crippen LogP contribution in [-0.4, -0.2) is 46.1 Å². The Morgan fingerprint density at radius 3 is 2.90 bits per heavy atom. The monoisotopic (exact) mass is 277 g/mol. The number of hydrogen-bond acceptors (Lipinski definition) is 3. The molecule has 1 saturated heterocycles. The summed E-state index contributed by atoms with van der Waals surface area (Å²) in [5.41, 5.74) is 0.922. The van der Waals surface area contributed by atoms with Gasteiger partial charge in [0, 0.05) is 37.4 Å². The zero-order valence-corrected chi connectivity index (χ0v) is 11.5. The molecule has 1 aromatic heterocycles. The molecule has 1 fully saturated rings. The lowest BCUT2D eigenvalue weighted by Gasteiger charge is -2.23. The van der Waals surface area contributed by atoms with Gasteiger partial charge in [0.05, 0.1) is 5.92 Å². The first-order valence-corrected chi connectivity index (χ1v) is 6.77. The van der Waals surface area contributed by atoms with Crippen LogP contribution in [0.2, 0.25) is 0 Å². The highest BCUT2D eigenvalue weighted by Gasteiger charge is 2.37. The Morgan fingerprint density at radius 2 is 2.30 bits per heavy atom. The third kappa shape index (κ3) is 3.26. The maximum atomic E-state index is 12.0. The summed E-state index contributed by atoms with van der Waals surface area (Å²) >= 11 is 0. The van der Waals surface area contributed by atoms with Gasteiger partial charge in [-0.3, -0.25) is 9.78 Å². The van der Waals surface area contributed by atoms with Gasteiger partial charge in [-0.1, -0.05) is 6.07 Å². The number of nitrogens with one attached hydrogen (secondary N) is 1. The third-order valence-electron chi connectivity index (χ3n) is 3.72. The summed E-state index contributed by atoms with van der Waals surface area (Å²) in [6, 6.07) is 5.20. The molecule has 6 nitrogen and oxygen atoms in total. The summed E-state index contributed by atoms with van der Waals surface area (Å²) in [6.45, 7) is 2.77. The maximum absolute atomic E-state index is 12.0. The number of carbonyl (C=O) groups is 2.